The molecule has 8 aliphatic heterocycles. The number of amides is 3. The van der Waals surface area contributed by atoms with E-state index < -0.39 is 309 Å². The molecule has 25 N–H and O–H groups in total. The van der Waals surface area contributed by atoms with Crippen molar-refractivity contribution in [1.29, 1.82) is 0 Å². The largest absolute Gasteiger partial charge is 0.394 e. The third kappa shape index (κ3) is 17.6. The number of hydrogen-bond acceptors (Lipinski definition) is 40. The highest BCUT2D eigenvalue weighted by atomic mass is 16.8. The Kier molecular flexibility index (Phi) is 28.3. The molecule has 8 saturated heterocycles. The van der Waals surface area contributed by atoms with Gasteiger partial charge in [0.2, 0.25) is 17.7 Å². The highest BCUT2D eigenvalue weighted by Crippen LogP contribution is 2.38. The van der Waals surface area contributed by atoms with E-state index in [0.717, 1.165) is 20.8 Å². The number of ether oxygens (including phenoxy) is 15. The topological polar surface area (TPSA) is 671 Å². The van der Waals surface area contributed by atoms with E-state index in [0.29, 0.717) is 0 Å². The van der Waals surface area contributed by atoms with Crippen molar-refractivity contribution in [1.82, 2.24) is 16.0 Å². The molecule has 0 spiro atoms. The van der Waals surface area contributed by atoms with Crippen LogP contribution < -0.4 is 16.0 Å². The number of carbonyl (C=O) groups is 3. The van der Waals surface area contributed by atoms with Gasteiger partial charge in [-0.15, -0.1) is 0 Å². The zero-order valence-corrected chi connectivity index (χ0v) is 52.2. The molecule has 3 amide bonds. The summed E-state index contributed by atoms with van der Waals surface area (Å²) < 4.78 is 87.6. The molecular weight excluding hydrogens is 1330 g/mol. The molecular formula is C54H91N3O40. The predicted molar refractivity (Wildman–Crippen MR) is 298 cm³/mol. The molecule has 0 aromatic carbocycles. The summed E-state index contributed by atoms with van der Waals surface area (Å²) in [5.74, 6) is -2.58. The minimum absolute atomic E-state index is 0.802. The first kappa shape index (κ1) is 79.6. The van der Waals surface area contributed by atoms with Gasteiger partial charge in [0.1, 0.15) is 189 Å². The summed E-state index contributed by atoms with van der Waals surface area (Å²) in [4.78, 5) is 37.7. The van der Waals surface area contributed by atoms with Crippen LogP contribution >= 0.6 is 0 Å². The number of nitrogens with one attached hydrogen (secondary N) is 3. The van der Waals surface area contributed by atoms with Crippen molar-refractivity contribution in [3.05, 3.63) is 0 Å². The summed E-state index contributed by atoms with van der Waals surface area (Å²) in [6.45, 7) is -2.84. The molecule has 0 radical (unpaired) electrons. The van der Waals surface area contributed by atoms with Gasteiger partial charge < -0.3 is 199 Å². The monoisotopic (exact) mass is 1420 g/mol. The Morgan fingerprint density at radius 2 is 0.629 bits per heavy atom. The zero-order valence-electron chi connectivity index (χ0n) is 52.2. The lowest BCUT2D eigenvalue weighted by Crippen LogP contribution is -2.71. The molecule has 40 atom stereocenters. The van der Waals surface area contributed by atoms with Gasteiger partial charge in [-0.25, -0.2) is 0 Å². The van der Waals surface area contributed by atoms with Crippen LogP contribution in [0.25, 0.3) is 0 Å². The molecule has 97 heavy (non-hydrogen) atoms. The van der Waals surface area contributed by atoms with Crippen LogP contribution in [0.3, 0.4) is 0 Å². The van der Waals surface area contributed by atoms with Gasteiger partial charge in [0.15, 0.2) is 50.3 Å². The van der Waals surface area contributed by atoms with Crippen LogP contribution in [0.15, 0.2) is 0 Å². The minimum Gasteiger partial charge on any atom is -0.394 e. The van der Waals surface area contributed by atoms with Gasteiger partial charge in [0.25, 0.3) is 0 Å². The van der Waals surface area contributed by atoms with E-state index in [1.165, 1.54) is 6.92 Å². The summed E-state index contributed by atoms with van der Waals surface area (Å²) in [6.07, 6.45) is -73.4. The van der Waals surface area contributed by atoms with Gasteiger partial charge in [-0.3, -0.25) is 14.4 Å². The molecule has 8 aliphatic rings. The Morgan fingerprint density at radius 1 is 0.289 bits per heavy atom. The summed E-state index contributed by atoms with van der Waals surface area (Å²) in [5.41, 5.74) is 0. The molecule has 8 heterocycles. The molecule has 0 aliphatic carbocycles. The van der Waals surface area contributed by atoms with Gasteiger partial charge in [-0.05, 0) is 6.92 Å². The Hall–Kier alpha value is -3.07. The number of aliphatic hydroxyl groups is 22. The van der Waals surface area contributed by atoms with Crippen molar-refractivity contribution >= 4 is 17.7 Å². The summed E-state index contributed by atoms with van der Waals surface area (Å²) in [5, 5.41) is 249. The minimum atomic E-state index is -2.48. The highest BCUT2D eigenvalue weighted by Gasteiger charge is 2.59. The van der Waals surface area contributed by atoms with Gasteiger partial charge in [-0.1, -0.05) is 0 Å². The summed E-state index contributed by atoms with van der Waals surface area (Å²) in [7, 11) is 0. The van der Waals surface area contributed by atoms with E-state index in [9.17, 15) is 127 Å². The van der Waals surface area contributed by atoms with Crippen LogP contribution in [-0.2, 0) is 85.4 Å². The molecule has 562 valence electrons. The second kappa shape index (κ2) is 34.5. The number of hydrogen-bond donors (Lipinski definition) is 25. The second-order valence-electron chi connectivity index (χ2n) is 24.6. The van der Waals surface area contributed by atoms with Crippen molar-refractivity contribution in [2.24, 2.45) is 0 Å². The van der Waals surface area contributed by atoms with Crippen molar-refractivity contribution in [3.8, 4) is 0 Å². The average molecular weight is 1420 g/mol. The third-order valence-corrected chi connectivity index (χ3v) is 17.8. The van der Waals surface area contributed by atoms with E-state index >= 15 is 0 Å². The van der Waals surface area contributed by atoms with Gasteiger partial charge in [0, 0.05) is 20.8 Å². The molecule has 8 fully saturated rings. The predicted octanol–water partition coefficient (Wildman–Crippen LogP) is -17.0. The molecule has 0 bridgehead atoms. The maximum Gasteiger partial charge on any atom is 0.217 e. The second-order valence-corrected chi connectivity index (χ2v) is 24.6. The third-order valence-electron chi connectivity index (χ3n) is 17.8. The lowest BCUT2D eigenvalue weighted by atomic mass is 9.93. The summed E-state index contributed by atoms with van der Waals surface area (Å²) >= 11 is 0. The van der Waals surface area contributed by atoms with Crippen LogP contribution in [0.1, 0.15) is 27.7 Å². The SMILES string of the molecule is CC(=O)N[C@H]1[C@H](O[C@H]2[C@H](O)[C@@H](NC(C)=O)C(O)O[C@@H]2CO[C@@H]2O[C@@H](C)[C@@H](O)[C@@H](O)[C@@H]2O)O[C@H](CO)[C@@H](O[C@@H]2O[C@H](CO[C@H]3O[C@H](CO)[C@@H](O)[C@H](O[C@H]4O[C@H](CO)[C@@H](O)[C@H](O)[C@@H]4O)[C@@H]3O)[C@@H](O)[C@H](O[C@H]3O[C@H](CO)[C@@H](O)[C@H](O)[C@@H]3O[C@@H]3O[C@H](CO)[C@@H](O)[C@H](O)[C@H]3NC(C)=O)[C@@H]2O)[C@@H]1O. The number of rotatable bonds is 24. The molecule has 0 saturated carbocycles. The fourth-order valence-corrected chi connectivity index (χ4v) is 12.4. The first-order chi connectivity index (χ1) is 45.8. The first-order valence-corrected chi connectivity index (χ1v) is 31.0. The Balaban J connectivity index is 1.11. The van der Waals surface area contributed by atoms with E-state index in [2.05, 4.69) is 16.0 Å². The molecule has 0 aromatic rings. The smallest absolute Gasteiger partial charge is 0.217 e. The molecule has 1 unspecified atom stereocenters. The number of carbonyl (C=O) groups excluding carboxylic acids is 3. The quantitative estimate of drug-likeness (QED) is 0.0427. The fourth-order valence-electron chi connectivity index (χ4n) is 12.4. The van der Waals surface area contributed by atoms with E-state index in [4.69, 9.17) is 71.1 Å². The van der Waals surface area contributed by atoms with E-state index in [-0.39, 0.29) is 0 Å². The van der Waals surface area contributed by atoms with Crippen molar-refractivity contribution in [3.63, 3.8) is 0 Å². The average Bonchev–Trinajstić information content (AvgIpc) is 0.787. The van der Waals surface area contributed by atoms with Crippen molar-refractivity contribution in [2.45, 2.75) is 273 Å². The van der Waals surface area contributed by atoms with Crippen LogP contribution in [0.2, 0.25) is 0 Å². The Labute approximate surface area is 549 Å². The maximum atomic E-state index is 13.0. The van der Waals surface area contributed by atoms with Crippen LogP contribution in [-0.4, -0.2) is 422 Å². The van der Waals surface area contributed by atoms with E-state index in [1.807, 2.05) is 0 Å². The fraction of sp³-hybridized carbons (Fsp3) is 0.944. The first-order valence-electron chi connectivity index (χ1n) is 31.0. The number of aliphatic hydroxyl groups excluding tert-OH is 22. The van der Waals surface area contributed by atoms with Crippen molar-refractivity contribution in [2.75, 3.05) is 46.2 Å². The lowest BCUT2D eigenvalue weighted by Gasteiger charge is -2.51. The highest BCUT2D eigenvalue weighted by molar-refractivity contribution is 5.74. The van der Waals surface area contributed by atoms with Gasteiger partial charge in [-0.2, -0.15) is 0 Å². The molecule has 0 aromatic heterocycles. The van der Waals surface area contributed by atoms with E-state index in [1.54, 1.807) is 0 Å². The van der Waals surface area contributed by atoms with Crippen LogP contribution in [0, 0.1) is 0 Å². The molecule has 43 heteroatoms. The normalized spacial score (nSPS) is 49.9. The molecule has 43 nitrogen and oxygen atoms in total. The molecule has 8 rings (SSSR count). The van der Waals surface area contributed by atoms with Crippen LogP contribution in [0.4, 0.5) is 0 Å². The lowest BCUT2D eigenvalue weighted by molar-refractivity contribution is -0.395. The Bertz CT molecular complexity index is 2490. The standard InChI is InChI=1S/C54H91N3O40/c1-12-26(66)35(75)38(78)50(85-12)84-11-22-43(33(73)23(47(82)86-22)55-13(2)63)93-49-25(57-15(4)65)34(74)42(20(9-62)91-49)94-53-41(81)45(96-54-46(37(77)29(69)18(7-60)90-54)97-48-24(56-14(3)64)32(72)27(67)16(5-58)87-48)31(71)21(92-53)10-83-51-40(80)44(30(70)19(8-61)88-51)95-52-39(79)36(76)28(68)17(6-59)89-52/h12,16-54,58-62,66-82H,5-11H2,1-4H3,(H,55,63)(H,56,64)(H,57,65)/t12-,16+,17+,18+,19+,20+,21+,22+,23+,24+,25+,26+,27+,28+,29+,30+,31+,32+,33+,34+,35+,36-,37-,38-,39-,40-,41-,42+,43+,44-,45-,46-,47?,48-,49-,50+,51-,52+,53-,54+/m0/s1. The van der Waals surface area contributed by atoms with Gasteiger partial charge in [0.05, 0.1) is 52.4 Å². The summed E-state index contributed by atoms with van der Waals surface area (Å²) in [6, 6.07) is -5.37. The zero-order chi connectivity index (χ0) is 71.5. The maximum absolute atomic E-state index is 13.0. The van der Waals surface area contributed by atoms with Gasteiger partial charge >= 0.3 is 0 Å². The van der Waals surface area contributed by atoms with Crippen LogP contribution in [0.5, 0.6) is 0 Å². The Morgan fingerprint density at radius 3 is 1.19 bits per heavy atom. The van der Waals surface area contributed by atoms with Crippen molar-refractivity contribution < 1.29 is 198 Å².